The molecular weight excluding hydrogens is 262 g/mol. The van der Waals surface area contributed by atoms with Crippen LogP contribution in [-0.4, -0.2) is 36.1 Å². The Kier molecular flexibility index (Phi) is 6.24. The third-order valence-corrected chi connectivity index (χ3v) is 4.65. The molecule has 0 radical (unpaired) electrons. The molecule has 1 atom stereocenters. The van der Waals surface area contributed by atoms with Crippen molar-refractivity contribution in [3.05, 3.63) is 18.0 Å². The fraction of sp³-hybridized carbons (Fsp3) is 0.824. The van der Waals surface area contributed by atoms with E-state index in [0.717, 1.165) is 52.0 Å². The second kappa shape index (κ2) is 7.95. The standard InChI is InChI=1S/C17H31N3O/c1-4-9-18-13-17(8-11-21-14-17)12-15-7-10-20(19-15)16(5-2)6-3/h7,10,16,18H,4-6,8-9,11-14H2,1-3H3. The average Bonchev–Trinajstić information content (AvgIpc) is 3.12. The van der Waals surface area contributed by atoms with Gasteiger partial charge in [0.1, 0.15) is 0 Å². The molecule has 0 amide bonds. The van der Waals surface area contributed by atoms with Gasteiger partial charge in [-0.25, -0.2) is 0 Å². The molecule has 0 saturated carbocycles. The molecule has 120 valence electrons. The van der Waals surface area contributed by atoms with Gasteiger partial charge in [-0.3, -0.25) is 4.68 Å². The van der Waals surface area contributed by atoms with Crippen molar-refractivity contribution in [2.24, 2.45) is 5.41 Å². The maximum absolute atomic E-state index is 5.69. The van der Waals surface area contributed by atoms with Gasteiger partial charge in [0.05, 0.1) is 18.3 Å². The summed E-state index contributed by atoms with van der Waals surface area (Å²) in [6.45, 7) is 10.6. The van der Waals surface area contributed by atoms with Gasteiger partial charge in [0.25, 0.3) is 0 Å². The summed E-state index contributed by atoms with van der Waals surface area (Å²) in [4.78, 5) is 0. The van der Waals surface area contributed by atoms with Crippen LogP contribution in [-0.2, 0) is 11.2 Å². The van der Waals surface area contributed by atoms with Gasteiger partial charge in [0.2, 0.25) is 0 Å². The molecule has 2 rings (SSSR count). The Morgan fingerprint density at radius 1 is 1.38 bits per heavy atom. The number of hydrogen-bond donors (Lipinski definition) is 1. The lowest BCUT2D eigenvalue weighted by Gasteiger charge is -2.27. The maximum atomic E-state index is 5.69. The van der Waals surface area contributed by atoms with E-state index in [4.69, 9.17) is 9.84 Å². The van der Waals surface area contributed by atoms with E-state index >= 15 is 0 Å². The third-order valence-electron chi connectivity index (χ3n) is 4.65. The lowest BCUT2D eigenvalue weighted by Crippen LogP contribution is -2.37. The molecule has 4 heteroatoms. The molecule has 1 saturated heterocycles. The van der Waals surface area contributed by atoms with Crippen molar-refractivity contribution in [2.45, 2.75) is 58.9 Å². The molecule has 0 aliphatic carbocycles. The fourth-order valence-corrected chi connectivity index (χ4v) is 3.24. The average molecular weight is 293 g/mol. The third kappa shape index (κ3) is 4.30. The highest BCUT2D eigenvalue weighted by molar-refractivity contribution is 5.05. The number of hydrogen-bond acceptors (Lipinski definition) is 3. The molecule has 1 aliphatic rings. The van der Waals surface area contributed by atoms with Crippen molar-refractivity contribution >= 4 is 0 Å². The van der Waals surface area contributed by atoms with Crippen molar-refractivity contribution < 1.29 is 4.74 Å². The van der Waals surface area contributed by atoms with E-state index in [-0.39, 0.29) is 5.41 Å². The highest BCUT2D eigenvalue weighted by Gasteiger charge is 2.35. The Morgan fingerprint density at radius 2 is 2.19 bits per heavy atom. The first-order valence-corrected chi connectivity index (χ1v) is 8.55. The molecule has 1 aliphatic heterocycles. The molecule has 1 N–H and O–H groups in total. The molecule has 21 heavy (non-hydrogen) atoms. The van der Waals surface area contributed by atoms with Gasteiger partial charge in [-0.05, 0) is 38.3 Å². The van der Waals surface area contributed by atoms with E-state index in [1.54, 1.807) is 0 Å². The molecule has 0 bridgehead atoms. The van der Waals surface area contributed by atoms with Crippen LogP contribution in [0.5, 0.6) is 0 Å². The monoisotopic (exact) mass is 293 g/mol. The highest BCUT2D eigenvalue weighted by atomic mass is 16.5. The minimum atomic E-state index is 0.238. The Balaban J connectivity index is 2.00. The van der Waals surface area contributed by atoms with Crippen LogP contribution in [0.25, 0.3) is 0 Å². The van der Waals surface area contributed by atoms with Gasteiger partial charge in [-0.1, -0.05) is 20.8 Å². The quantitative estimate of drug-likeness (QED) is 0.711. The number of aromatic nitrogens is 2. The predicted molar refractivity (Wildman–Crippen MR) is 86.6 cm³/mol. The molecule has 1 fully saturated rings. The first-order chi connectivity index (χ1) is 10.2. The van der Waals surface area contributed by atoms with Crippen molar-refractivity contribution in [1.29, 1.82) is 0 Å². The van der Waals surface area contributed by atoms with Gasteiger partial charge in [0.15, 0.2) is 0 Å². The van der Waals surface area contributed by atoms with Crippen molar-refractivity contribution in [3.8, 4) is 0 Å². The topological polar surface area (TPSA) is 39.1 Å². The zero-order valence-electron chi connectivity index (χ0n) is 13.9. The Labute approximate surface area is 129 Å². The van der Waals surface area contributed by atoms with Crippen LogP contribution in [0.3, 0.4) is 0 Å². The first-order valence-electron chi connectivity index (χ1n) is 8.55. The van der Waals surface area contributed by atoms with Crippen LogP contribution < -0.4 is 5.32 Å². The molecule has 4 nitrogen and oxygen atoms in total. The normalized spacial score (nSPS) is 22.3. The molecule has 1 aromatic rings. The van der Waals surface area contributed by atoms with Crippen LogP contribution in [0.4, 0.5) is 0 Å². The van der Waals surface area contributed by atoms with Crippen LogP contribution in [0.2, 0.25) is 0 Å². The predicted octanol–water partition coefficient (Wildman–Crippen LogP) is 3.19. The molecule has 1 aromatic heterocycles. The van der Waals surface area contributed by atoms with Gasteiger partial charge in [-0.15, -0.1) is 0 Å². The lowest BCUT2D eigenvalue weighted by atomic mass is 9.82. The van der Waals surface area contributed by atoms with Gasteiger partial charge < -0.3 is 10.1 Å². The van der Waals surface area contributed by atoms with Crippen molar-refractivity contribution in [2.75, 3.05) is 26.3 Å². The van der Waals surface area contributed by atoms with Gasteiger partial charge in [-0.2, -0.15) is 5.10 Å². The van der Waals surface area contributed by atoms with E-state index in [0.29, 0.717) is 6.04 Å². The van der Waals surface area contributed by atoms with E-state index in [1.165, 1.54) is 12.1 Å². The molecule has 0 aromatic carbocycles. The van der Waals surface area contributed by atoms with Crippen LogP contribution in [0, 0.1) is 5.41 Å². The number of rotatable bonds is 9. The summed E-state index contributed by atoms with van der Waals surface area (Å²) in [5, 5.41) is 8.40. The lowest BCUT2D eigenvalue weighted by molar-refractivity contribution is 0.148. The summed E-state index contributed by atoms with van der Waals surface area (Å²) in [5.74, 6) is 0. The number of ether oxygens (including phenoxy) is 1. The minimum absolute atomic E-state index is 0.238. The number of nitrogens with one attached hydrogen (secondary N) is 1. The van der Waals surface area contributed by atoms with E-state index < -0.39 is 0 Å². The Morgan fingerprint density at radius 3 is 2.81 bits per heavy atom. The summed E-state index contributed by atoms with van der Waals surface area (Å²) in [6.07, 6.45) is 7.78. The molecular formula is C17H31N3O. The fourth-order valence-electron chi connectivity index (χ4n) is 3.24. The zero-order chi connectivity index (χ0) is 15.1. The van der Waals surface area contributed by atoms with Crippen molar-refractivity contribution in [3.63, 3.8) is 0 Å². The summed E-state index contributed by atoms with van der Waals surface area (Å²) < 4.78 is 7.84. The second-order valence-electron chi connectivity index (χ2n) is 6.41. The summed E-state index contributed by atoms with van der Waals surface area (Å²) >= 11 is 0. The van der Waals surface area contributed by atoms with Gasteiger partial charge in [0, 0.05) is 31.2 Å². The van der Waals surface area contributed by atoms with Gasteiger partial charge >= 0.3 is 0 Å². The second-order valence-corrected chi connectivity index (χ2v) is 6.41. The minimum Gasteiger partial charge on any atom is -0.381 e. The Hall–Kier alpha value is -0.870. The molecule has 2 heterocycles. The SMILES string of the molecule is CCCNCC1(Cc2ccn(C(CC)CC)n2)CCOC1. The van der Waals surface area contributed by atoms with E-state index in [9.17, 15) is 0 Å². The summed E-state index contributed by atoms with van der Waals surface area (Å²) in [6, 6.07) is 2.73. The van der Waals surface area contributed by atoms with Crippen LogP contribution in [0.15, 0.2) is 12.3 Å². The van der Waals surface area contributed by atoms with Crippen LogP contribution in [0.1, 0.15) is 58.2 Å². The summed E-state index contributed by atoms with van der Waals surface area (Å²) in [7, 11) is 0. The number of nitrogens with zero attached hydrogens (tertiary/aromatic N) is 2. The first kappa shape index (κ1) is 16.5. The highest BCUT2D eigenvalue weighted by Crippen LogP contribution is 2.32. The molecule has 1 unspecified atom stereocenters. The van der Waals surface area contributed by atoms with Crippen molar-refractivity contribution in [1.82, 2.24) is 15.1 Å². The van der Waals surface area contributed by atoms with E-state index in [1.807, 2.05) is 0 Å². The largest absolute Gasteiger partial charge is 0.381 e. The molecule has 0 spiro atoms. The maximum Gasteiger partial charge on any atom is 0.0631 e. The van der Waals surface area contributed by atoms with E-state index in [2.05, 4.69) is 43.0 Å². The van der Waals surface area contributed by atoms with Crippen LogP contribution >= 0.6 is 0 Å². The Bertz CT molecular complexity index is 406. The smallest absolute Gasteiger partial charge is 0.0631 e. The summed E-state index contributed by atoms with van der Waals surface area (Å²) in [5.41, 5.74) is 1.45. The zero-order valence-corrected chi connectivity index (χ0v) is 13.9.